The minimum Gasteiger partial charge on any atom is -0.0974 e. The average Bonchev–Trinajstić information content (AvgIpc) is 2.59. The Morgan fingerprint density at radius 3 is 1.38 bits per heavy atom. The molecule has 0 aliphatic rings. The molecule has 0 radical (unpaired) electrons. The number of rotatable bonds is 4. The van der Waals surface area contributed by atoms with Crippen LogP contribution in [0.2, 0.25) is 0 Å². The Morgan fingerprint density at radius 1 is 0.583 bits per heavy atom. The lowest BCUT2D eigenvalue weighted by atomic mass is 9.98. The quantitative estimate of drug-likeness (QED) is 0.474. The molecule has 0 aliphatic carbocycles. The maximum atomic E-state index is 2.26. The molecule has 3 rings (SSSR count). The highest BCUT2D eigenvalue weighted by Gasteiger charge is 2.05. The predicted octanol–water partition coefficient (Wildman–Crippen LogP) is 6.79. The minimum atomic E-state index is 1.25. The van der Waals surface area contributed by atoms with Crippen LogP contribution in [0.15, 0.2) is 83.1 Å². The van der Waals surface area contributed by atoms with Gasteiger partial charge in [-0.05, 0) is 55.0 Å². The average molecular weight is 330 g/mol. The van der Waals surface area contributed by atoms with Gasteiger partial charge in [0.2, 0.25) is 0 Å². The molecule has 3 aromatic carbocycles. The molecule has 0 bridgehead atoms. The van der Waals surface area contributed by atoms with Crippen LogP contribution in [-0.2, 0) is 0 Å². The van der Waals surface area contributed by atoms with E-state index in [0.29, 0.717) is 0 Å². The van der Waals surface area contributed by atoms with Crippen molar-refractivity contribution in [2.45, 2.75) is 25.7 Å². The summed E-state index contributed by atoms with van der Waals surface area (Å²) in [6, 6.07) is 26.2. The largest absolute Gasteiger partial charge is 0.0974 e. The number of hydrogen-bond donors (Lipinski definition) is 0. The van der Waals surface area contributed by atoms with Gasteiger partial charge < -0.3 is 0 Å². The molecule has 0 heterocycles. The first-order valence-corrected chi connectivity index (χ1v) is 9.07. The van der Waals surface area contributed by atoms with E-state index in [4.69, 9.17) is 0 Å². The SMILES string of the molecule is Cc1ccc(SC=C(c2ccc(C)cc2)c2ccc(C)cc2)cc1. The van der Waals surface area contributed by atoms with Gasteiger partial charge in [-0.3, -0.25) is 0 Å². The van der Waals surface area contributed by atoms with Gasteiger partial charge in [0.25, 0.3) is 0 Å². The fourth-order valence-electron chi connectivity index (χ4n) is 2.51. The number of benzene rings is 3. The lowest BCUT2D eigenvalue weighted by molar-refractivity contribution is 1.38. The first-order chi connectivity index (χ1) is 11.6. The van der Waals surface area contributed by atoms with E-state index in [0.717, 1.165) is 0 Å². The molecule has 3 aromatic rings. The van der Waals surface area contributed by atoms with Crippen molar-refractivity contribution >= 4 is 17.3 Å². The maximum Gasteiger partial charge on any atom is 0.0116 e. The Hall–Kier alpha value is -2.25. The molecule has 0 aliphatic heterocycles. The van der Waals surface area contributed by atoms with Gasteiger partial charge in [-0.2, -0.15) is 0 Å². The Balaban J connectivity index is 1.97. The second kappa shape index (κ2) is 7.55. The zero-order valence-electron chi connectivity index (χ0n) is 14.4. The summed E-state index contributed by atoms with van der Waals surface area (Å²) in [5.74, 6) is 0. The molecular weight excluding hydrogens is 308 g/mol. The van der Waals surface area contributed by atoms with E-state index in [1.165, 1.54) is 38.3 Å². The molecule has 0 nitrogen and oxygen atoms in total. The second-order valence-electron chi connectivity index (χ2n) is 6.19. The summed E-state index contributed by atoms with van der Waals surface area (Å²) in [5, 5.41) is 2.26. The molecule has 0 spiro atoms. The molecule has 1 heteroatoms. The summed E-state index contributed by atoms with van der Waals surface area (Å²) >= 11 is 1.77. The van der Waals surface area contributed by atoms with E-state index >= 15 is 0 Å². The fraction of sp³-hybridized carbons (Fsp3) is 0.130. The van der Waals surface area contributed by atoms with Crippen LogP contribution in [0.5, 0.6) is 0 Å². The van der Waals surface area contributed by atoms with Crippen molar-refractivity contribution in [3.8, 4) is 0 Å². The lowest BCUT2D eigenvalue weighted by Gasteiger charge is -2.10. The monoisotopic (exact) mass is 330 g/mol. The summed E-state index contributed by atoms with van der Waals surface area (Å²) < 4.78 is 0. The second-order valence-corrected chi connectivity index (χ2v) is 7.14. The first kappa shape index (κ1) is 16.6. The van der Waals surface area contributed by atoms with Gasteiger partial charge in [0, 0.05) is 4.90 Å². The van der Waals surface area contributed by atoms with Gasteiger partial charge in [-0.25, -0.2) is 0 Å². The van der Waals surface area contributed by atoms with Crippen LogP contribution >= 0.6 is 11.8 Å². The van der Waals surface area contributed by atoms with Crippen molar-refractivity contribution in [3.63, 3.8) is 0 Å². The Morgan fingerprint density at radius 2 is 0.958 bits per heavy atom. The topological polar surface area (TPSA) is 0 Å². The van der Waals surface area contributed by atoms with Crippen molar-refractivity contribution in [1.82, 2.24) is 0 Å². The van der Waals surface area contributed by atoms with Crippen LogP contribution < -0.4 is 0 Å². The Labute approximate surface area is 149 Å². The molecule has 0 amide bonds. The zero-order valence-corrected chi connectivity index (χ0v) is 15.2. The van der Waals surface area contributed by atoms with Crippen LogP contribution in [0, 0.1) is 20.8 Å². The molecule has 0 saturated carbocycles. The van der Waals surface area contributed by atoms with Gasteiger partial charge in [0.15, 0.2) is 0 Å². The lowest BCUT2D eigenvalue weighted by Crippen LogP contribution is -1.88. The van der Waals surface area contributed by atoms with Crippen molar-refractivity contribution < 1.29 is 0 Å². The summed E-state index contributed by atoms with van der Waals surface area (Å²) in [6.45, 7) is 6.37. The summed E-state index contributed by atoms with van der Waals surface area (Å²) in [4.78, 5) is 1.26. The smallest absolute Gasteiger partial charge is 0.0116 e. The van der Waals surface area contributed by atoms with Crippen LogP contribution in [-0.4, -0.2) is 0 Å². The Kier molecular flexibility index (Phi) is 5.22. The molecule has 0 fully saturated rings. The molecule has 24 heavy (non-hydrogen) atoms. The third kappa shape index (κ3) is 4.18. The van der Waals surface area contributed by atoms with Gasteiger partial charge in [-0.1, -0.05) is 89.1 Å². The highest BCUT2D eigenvalue weighted by molar-refractivity contribution is 8.02. The van der Waals surface area contributed by atoms with Crippen molar-refractivity contribution in [3.05, 3.63) is 106 Å². The van der Waals surface area contributed by atoms with Crippen LogP contribution in [0.1, 0.15) is 27.8 Å². The number of thioether (sulfide) groups is 1. The van der Waals surface area contributed by atoms with E-state index in [-0.39, 0.29) is 0 Å². The Bertz CT molecular complexity index is 775. The standard InChI is InChI=1S/C23H22S/c1-17-4-10-20(11-5-17)23(21-12-6-18(2)7-13-21)16-24-22-14-8-19(3)9-15-22/h4-16H,1-3H3. The van der Waals surface area contributed by atoms with Crippen LogP contribution in [0.3, 0.4) is 0 Å². The minimum absolute atomic E-state index is 1.25. The van der Waals surface area contributed by atoms with E-state index in [1.807, 2.05) is 0 Å². The van der Waals surface area contributed by atoms with E-state index in [9.17, 15) is 0 Å². The molecule has 0 unspecified atom stereocenters. The number of aryl methyl sites for hydroxylation is 3. The van der Waals surface area contributed by atoms with E-state index < -0.39 is 0 Å². The summed E-state index contributed by atoms with van der Waals surface area (Å²) in [7, 11) is 0. The van der Waals surface area contributed by atoms with Crippen molar-refractivity contribution in [1.29, 1.82) is 0 Å². The fourth-order valence-corrected chi connectivity index (χ4v) is 3.33. The highest BCUT2D eigenvalue weighted by Crippen LogP contribution is 2.30. The van der Waals surface area contributed by atoms with Gasteiger partial charge in [0.1, 0.15) is 0 Å². The van der Waals surface area contributed by atoms with Gasteiger partial charge in [-0.15, -0.1) is 0 Å². The van der Waals surface area contributed by atoms with Crippen LogP contribution in [0.25, 0.3) is 5.57 Å². The molecular formula is C23H22S. The summed E-state index contributed by atoms with van der Waals surface area (Å²) in [5.41, 5.74) is 7.63. The molecule has 0 aromatic heterocycles. The van der Waals surface area contributed by atoms with Crippen molar-refractivity contribution in [2.24, 2.45) is 0 Å². The molecule has 0 saturated heterocycles. The summed E-state index contributed by atoms with van der Waals surface area (Å²) in [6.07, 6.45) is 0. The van der Waals surface area contributed by atoms with E-state index in [2.05, 4.69) is 99.0 Å². The van der Waals surface area contributed by atoms with Crippen LogP contribution in [0.4, 0.5) is 0 Å². The third-order valence-corrected chi connectivity index (χ3v) is 4.96. The van der Waals surface area contributed by atoms with Crippen molar-refractivity contribution in [2.75, 3.05) is 0 Å². The molecule has 0 N–H and O–H groups in total. The molecule has 120 valence electrons. The molecule has 0 atom stereocenters. The zero-order chi connectivity index (χ0) is 16.9. The van der Waals surface area contributed by atoms with E-state index in [1.54, 1.807) is 11.8 Å². The predicted molar refractivity (Wildman–Crippen MR) is 106 cm³/mol. The third-order valence-electron chi connectivity index (χ3n) is 4.06. The number of hydrogen-bond acceptors (Lipinski definition) is 1. The normalized spacial score (nSPS) is 10.5. The highest BCUT2D eigenvalue weighted by atomic mass is 32.2. The van der Waals surface area contributed by atoms with Gasteiger partial charge >= 0.3 is 0 Å². The first-order valence-electron chi connectivity index (χ1n) is 8.19. The maximum absolute atomic E-state index is 2.26. The van der Waals surface area contributed by atoms with Gasteiger partial charge in [0.05, 0.1) is 0 Å².